The molecule has 0 bridgehead atoms. The number of aromatic amines is 1. The standard InChI is InChI=1S/C21H18N4O/c26-21(23-13-8-15-4-2-1-3-5-15)17-6-7-19-18(14-17)20(25-24-19)16-9-11-22-12-10-16/h1-7,9-12,14H,8,13H2,(H,23,26)(H,24,25). The van der Waals surface area contributed by atoms with E-state index in [1.54, 1.807) is 12.4 Å². The summed E-state index contributed by atoms with van der Waals surface area (Å²) in [4.78, 5) is 16.5. The number of amides is 1. The van der Waals surface area contributed by atoms with E-state index in [2.05, 4.69) is 32.6 Å². The number of H-pyrrole nitrogens is 1. The Bertz CT molecular complexity index is 1030. The van der Waals surface area contributed by atoms with Gasteiger partial charge in [0.25, 0.3) is 5.91 Å². The van der Waals surface area contributed by atoms with Gasteiger partial charge in [-0.15, -0.1) is 0 Å². The summed E-state index contributed by atoms with van der Waals surface area (Å²) in [6.45, 7) is 0.601. The van der Waals surface area contributed by atoms with Crippen LogP contribution in [0.5, 0.6) is 0 Å². The highest BCUT2D eigenvalue weighted by Gasteiger charge is 2.12. The van der Waals surface area contributed by atoms with Crippen LogP contribution in [0.15, 0.2) is 73.1 Å². The van der Waals surface area contributed by atoms with E-state index in [-0.39, 0.29) is 5.91 Å². The van der Waals surface area contributed by atoms with Crippen molar-refractivity contribution < 1.29 is 4.79 Å². The van der Waals surface area contributed by atoms with Crippen LogP contribution in [0.1, 0.15) is 15.9 Å². The number of rotatable bonds is 5. The zero-order valence-electron chi connectivity index (χ0n) is 14.1. The fourth-order valence-electron chi connectivity index (χ4n) is 2.95. The summed E-state index contributed by atoms with van der Waals surface area (Å²) in [7, 11) is 0. The molecule has 2 N–H and O–H groups in total. The second-order valence-electron chi connectivity index (χ2n) is 6.06. The molecule has 0 atom stereocenters. The first-order valence-corrected chi connectivity index (χ1v) is 8.52. The number of fused-ring (bicyclic) bond motifs is 1. The van der Waals surface area contributed by atoms with E-state index in [4.69, 9.17) is 0 Å². The van der Waals surface area contributed by atoms with Crippen LogP contribution < -0.4 is 5.32 Å². The lowest BCUT2D eigenvalue weighted by Crippen LogP contribution is -2.25. The van der Waals surface area contributed by atoms with Crippen molar-refractivity contribution in [3.8, 4) is 11.3 Å². The zero-order chi connectivity index (χ0) is 17.8. The average molecular weight is 342 g/mol. The number of benzene rings is 2. The number of nitrogens with zero attached hydrogens (tertiary/aromatic N) is 2. The van der Waals surface area contributed by atoms with E-state index in [0.29, 0.717) is 12.1 Å². The third-order valence-electron chi connectivity index (χ3n) is 4.32. The van der Waals surface area contributed by atoms with E-state index in [9.17, 15) is 4.79 Å². The minimum Gasteiger partial charge on any atom is -0.352 e. The Morgan fingerprint density at radius 3 is 2.62 bits per heavy atom. The number of pyridine rings is 1. The van der Waals surface area contributed by atoms with Crippen molar-refractivity contribution in [2.45, 2.75) is 6.42 Å². The Morgan fingerprint density at radius 2 is 1.81 bits per heavy atom. The van der Waals surface area contributed by atoms with Crippen molar-refractivity contribution in [1.29, 1.82) is 0 Å². The van der Waals surface area contributed by atoms with Gasteiger partial charge in [0.1, 0.15) is 5.69 Å². The third-order valence-corrected chi connectivity index (χ3v) is 4.32. The Labute approximate surface area is 151 Å². The number of aromatic nitrogens is 3. The maximum Gasteiger partial charge on any atom is 0.251 e. The molecule has 2 aromatic carbocycles. The first kappa shape index (κ1) is 16.0. The lowest BCUT2D eigenvalue weighted by molar-refractivity contribution is 0.0954. The molecule has 0 spiro atoms. The monoisotopic (exact) mass is 342 g/mol. The Hall–Kier alpha value is -3.47. The predicted molar refractivity (Wildman–Crippen MR) is 102 cm³/mol. The molecule has 128 valence electrons. The second-order valence-corrected chi connectivity index (χ2v) is 6.06. The van der Waals surface area contributed by atoms with Crippen molar-refractivity contribution in [3.05, 3.63) is 84.2 Å². The summed E-state index contributed by atoms with van der Waals surface area (Å²) in [5.74, 6) is -0.0790. The molecule has 5 nitrogen and oxygen atoms in total. The van der Waals surface area contributed by atoms with Gasteiger partial charge in [-0.2, -0.15) is 5.10 Å². The van der Waals surface area contributed by atoms with Gasteiger partial charge in [-0.3, -0.25) is 14.9 Å². The van der Waals surface area contributed by atoms with Crippen LogP contribution in [0.2, 0.25) is 0 Å². The van der Waals surface area contributed by atoms with Gasteiger partial charge in [-0.1, -0.05) is 30.3 Å². The van der Waals surface area contributed by atoms with E-state index in [0.717, 1.165) is 28.6 Å². The molecule has 0 saturated carbocycles. The molecule has 0 fully saturated rings. The van der Waals surface area contributed by atoms with Gasteiger partial charge in [0, 0.05) is 35.5 Å². The van der Waals surface area contributed by atoms with Crippen molar-refractivity contribution in [2.24, 2.45) is 0 Å². The Kier molecular flexibility index (Phi) is 4.43. The van der Waals surface area contributed by atoms with Crippen LogP contribution in [-0.2, 0) is 6.42 Å². The Morgan fingerprint density at radius 1 is 1.00 bits per heavy atom. The minimum atomic E-state index is -0.0790. The molecule has 5 heteroatoms. The third kappa shape index (κ3) is 3.32. The summed E-state index contributed by atoms with van der Waals surface area (Å²) < 4.78 is 0. The molecule has 0 aliphatic heterocycles. The number of carbonyl (C=O) groups is 1. The molecular formula is C21H18N4O. The topological polar surface area (TPSA) is 70.7 Å². The van der Waals surface area contributed by atoms with Crippen molar-refractivity contribution in [3.63, 3.8) is 0 Å². The number of hydrogen-bond acceptors (Lipinski definition) is 3. The van der Waals surface area contributed by atoms with E-state index in [1.807, 2.05) is 48.5 Å². The summed E-state index contributed by atoms with van der Waals surface area (Å²) in [5.41, 5.74) is 4.52. The van der Waals surface area contributed by atoms with Gasteiger partial charge < -0.3 is 5.32 Å². The molecule has 0 unspecified atom stereocenters. The van der Waals surface area contributed by atoms with Crippen molar-refractivity contribution in [2.75, 3.05) is 6.54 Å². The van der Waals surface area contributed by atoms with Gasteiger partial charge in [-0.25, -0.2) is 0 Å². The van der Waals surface area contributed by atoms with Gasteiger partial charge >= 0.3 is 0 Å². The summed E-state index contributed by atoms with van der Waals surface area (Å²) in [6.07, 6.45) is 4.27. The van der Waals surface area contributed by atoms with Crippen LogP contribution in [0.25, 0.3) is 22.2 Å². The van der Waals surface area contributed by atoms with E-state index in [1.165, 1.54) is 5.56 Å². The smallest absolute Gasteiger partial charge is 0.251 e. The molecule has 1 amide bonds. The van der Waals surface area contributed by atoms with Crippen molar-refractivity contribution in [1.82, 2.24) is 20.5 Å². The van der Waals surface area contributed by atoms with Gasteiger partial charge in [0.05, 0.1) is 5.52 Å². The quantitative estimate of drug-likeness (QED) is 0.582. The van der Waals surface area contributed by atoms with Crippen molar-refractivity contribution >= 4 is 16.8 Å². The number of nitrogens with one attached hydrogen (secondary N) is 2. The molecule has 4 rings (SSSR count). The van der Waals surface area contributed by atoms with Crippen LogP contribution in [0.4, 0.5) is 0 Å². The molecule has 2 aromatic heterocycles. The van der Waals surface area contributed by atoms with Gasteiger partial charge in [0.2, 0.25) is 0 Å². The van der Waals surface area contributed by atoms with Gasteiger partial charge in [0.15, 0.2) is 0 Å². The SMILES string of the molecule is O=C(NCCc1ccccc1)c1ccc2[nH]nc(-c3ccncc3)c2c1. The molecule has 26 heavy (non-hydrogen) atoms. The second kappa shape index (κ2) is 7.19. The molecule has 4 aromatic rings. The zero-order valence-corrected chi connectivity index (χ0v) is 14.1. The minimum absolute atomic E-state index is 0.0790. The molecule has 0 aliphatic carbocycles. The van der Waals surface area contributed by atoms with Crippen LogP contribution in [0.3, 0.4) is 0 Å². The highest BCUT2D eigenvalue weighted by molar-refractivity contribution is 6.01. The molecule has 0 aliphatic rings. The van der Waals surface area contributed by atoms with Crippen LogP contribution in [-0.4, -0.2) is 27.6 Å². The number of hydrogen-bond donors (Lipinski definition) is 2. The molecule has 0 saturated heterocycles. The summed E-state index contributed by atoms with van der Waals surface area (Å²) in [6, 6.07) is 19.5. The van der Waals surface area contributed by atoms with Crippen LogP contribution >= 0.6 is 0 Å². The lowest BCUT2D eigenvalue weighted by atomic mass is 10.1. The fourth-order valence-corrected chi connectivity index (χ4v) is 2.95. The fraction of sp³-hybridized carbons (Fsp3) is 0.0952. The largest absolute Gasteiger partial charge is 0.352 e. The summed E-state index contributed by atoms with van der Waals surface area (Å²) in [5, 5.41) is 11.3. The first-order valence-electron chi connectivity index (χ1n) is 8.52. The summed E-state index contributed by atoms with van der Waals surface area (Å²) >= 11 is 0. The molecular weight excluding hydrogens is 324 g/mol. The highest BCUT2D eigenvalue weighted by Crippen LogP contribution is 2.26. The van der Waals surface area contributed by atoms with Gasteiger partial charge in [-0.05, 0) is 42.3 Å². The predicted octanol–water partition coefficient (Wildman–Crippen LogP) is 3.60. The first-order chi connectivity index (χ1) is 12.8. The maximum atomic E-state index is 12.5. The Balaban J connectivity index is 1.52. The highest BCUT2D eigenvalue weighted by atomic mass is 16.1. The van der Waals surface area contributed by atoms with Crippen LogP contribution in [0, 0.1) is 0 Å². The average Bonchev–Trinajstić information content (AvgIpc) is 3.12. The van der Waals surface area contributed by atoms with E-state index >= 15 is 0 Å². The number of carbonyl (C=O) groups excluding carboxylic acids is 1. The lowest BCUT2D eigenvalue weighted by Gasteiger charge is -2.06. The normalized spacial score (nSPS) is 10.8. The maximum absolute atomic E-state index is 12.5. The molecule has 2 heterocycles. The molecule has 0 radical (unpaired) electrons. The van der Waals surface area contributed by atoms with E-state index < -0.39 is 0 Å².